The Morgan fingerprint density at radius 3 is 2.08 bits per heavy atom. The molecule has 3 aromatic rings. The van der Waals surface area contributed by atoms with Crippen molar-refractivity contribution in [1.82, 2.24) is 5.01 Å². The Balaban J connectivity index is 1.65. The number of Topliss-reactive ketones (excluding diaryl/α,β-unsaturated/α-hetero) is 1. The maximum atomic E-state index is 14.4. The first-order chi connectivity index (χ1) is 17.3. The fraction of sp³-hybridized carbons (Fsp3) is 0.281. The van der Waals surface area contributed by atoms with Crippen molar-refractivity contribution in [3.63, 3.8) is 0 Å². The Bertz CT molecular complexity index is 1310. The molecule has 2 aliphatic rings. The Hall–Kier alpha value is -3.79. The summed E-state index contributed by atoms with van der Waals surface area (Å²) in [5.74, 6) is -0.679. The fourth-order valence-electron chi connectivity index (χ4n) is 5.76. The van der Waals surface area contributed by atoms with Gasteiger partial charge in [0, 0.05) is 17.8 Å². The summed E-state index contributed by atoms with van der Waals surface area (Å²) in [5.41, 5.74) is 2.01. The van der Waals surface area contributed by atoms with Crippen molar-refractivity contribution in [2.24, 2.45) is 21.8 Å². The molecule has 0 saturated heterocycles. The molecule has 1 aliphatic carbocycles. The monoisotopic (exact) mass is 476 g/mol. The zero-order valence-corrected chi connectivity index (χ0v) is 21.1. The first-order valence-corrected chi connectivity index (χ1v) is 12.6. The molecule has 1 amide bonds. The third kappa shape index (κ3) is 4.11. The van der Waals surface area contributed by atoms with Gasteiger partial charge in [-0.2, -0.15) is 5.10 Å². The SMILES string of the molecule is CC(C)(C)C1=NN(Cc2ccccc2)C(=O)[C@]12C(=O)C[C@H](c1ccccc1)[C@H]2/C=C/c1ccccc1. The Kier molecular flexibility index (Phi) is 6.21. The molecule has 0 unspecified atom stereocenters. The first-order valence-electron chi connectivity index (χ1n) is 12.6. The summed E-state index contributed by atoms with van der Waals surface area (Å²) in [6.45, 7) is 6.50. The summed E-state index contributed by atoms with van der Waals surface area (Å²) in [6, 6.07) is 30.0. The molecule has 1 spiro atoms. The van der Waals surface area contributed by atoms with Crippen LogP contribution in [-0.4, -0.2) is 22.4 Å². The van der Waals surface area contributed by atoms with Crippen LogP contribution in [0.1, 0.15) is 49.8 Å². The van der Waals surface area contributed by atoms with E-state index in [0.29, 0.717) is 18.7 Å². The molecule has 0 bridgehead atoms. The highest BCUT2D eigenvalue weighted by molar-refractivity contribution is 6.30. The zero-order chi connectivity index (χ0) is 25.3. The summed E-state index contributed by atoms with van der Waals surface area (Å²) in [4.78, 5) is 28.5. The van der Waals surface area contributed by atoms with Crippen molar-refractivity contribution in [2.75, 3.05) is 0 Å². The molecule has 182 valence electrons. The molecule has 1 fully saturated rings. The van der Waals surface area contributed by atoms with E-state index in [2.05, 4.69) is 18.2 Å². The molecule has 1 saturated carbocycles. The van der Waals surface area contributed by atoms with Gasteiger partial charge in [0.15, 0.2) is 11.2 Å². The van der Waals surface area contributed by atoms with E-state index in [-0.39, 0.29) is 23.5 Å². The number of hydrazone groups is 1. The van der Waals surface area contributed by atoms with E-state index in [4.69, 9.17) is 5.10 Å². The predicted molar refractivity (Wildman–Crippen MR) is 144 cm³/mol. The van der Waals surface area contributed by atoms with Crippen molar-refractivity contribution in [1.29, 1.82) is 0 Å². The molecule has 36 heavy (non-hydrogen) atoms. The molecule has 0 N–H and O–H groups in total. The van der Waals surface area contributed by atoms with Crippen molar-refractivity contribution >= 4 is 23.5 Å². The number of hydrogen-bond donors (Lipinski definition) is 0. The average Bonchev–Trinajstić information content (AvgIpc) is 3.34. The second-order valence-corrected chi connectivity index (χ2v) is 10.8. The minimum Gasteiger partial charge on any atom is -0.298 e. The third-order valence-electron chi connectivity index (χ3n) is 7.35. The maximum absolute atomic E-state index is 14.4. The highest BCUT2D eigenvalue weighted by Crippen LogP contribution is 2.56. The molecular formula is C32H32N2O2. The number of carbonyl (C=O) groups excluding carboxylic acids is 2. The Morgan fingerprint density at radius 2 is 1.47 bits per heavy atom. The number of benzene rings is 3. The second kappa shape index (κ2) is 9.34. The van der Waals surface area contributed by atoms with Crippen LogP contribution in [0, 0.1) is 16.7 Å². The normalized spacial score (nSPS) is 24.2. The zero-order valence-electron chi connectivity index (χ0n) is 21.1. The van der Waals surface area contributed by atoms with E-state index in [1.165, 1.54) is 5.01 Å². The Morgan fingerprint density at radius 1 is 0.889 bits per heavy atom. The standard InChI is InChI=1S/C32H32N2O2/c1-31(2,3)29-32(30(36)34(33-29)22-24-15-9-5-10-16-24)27(20-19-23-13-7-4-8-14-23)26(21-28(32)35)25-17-11-6-12-18-25/h4-20,26-27H,21-22H2,1-3H3/b20-19+/t26-,27-,32-/m1/s1. The lowest BCUT2D eigenvalue weighted by atomic mass is 9.63. The van der Waals surface area contributed by atoms with Gasteiger partial charge in [-0.3, -0.25) is 9.59 Å². The van der Waals surface area contributed by atoms with Gasteiger partial charge in [0.05, 0.1) is 12.3 Å². The number of rotatable bonds is 5. The average molecular weight is 477 g/mol. The lowest BCUT2D eigenvalue weighted by Gasteiger charge is -2.35. The first kappa shape index (κ1) is 23.9. The van der Waals surface area contributed by atoms with Crippen LogP contribution in [0.4, 0.5) is 0 Å². The lowest BCUT2D eigenvalue weighted by molar-refractivity contribution is -0.143. The predicted octanol–water partition coefficient (Wildman–Crippen LogP) is 6.50. The van der Waals surface area contributed by atoms with Crippen molar-refractivity contribution in [3.05, 3.63) is 114 Å². The topological polar surface area (TPSA) is 49.7 Å². The van der Waals surface area contributed by atoms with E-state index in [1.54, 1.807) is 0 Å². The van der Waals surface area contributed by atoms with Crippen LogP contribution in [0.5, 0.6) is 0 Å². The summed E-state index contributed by atoms with van der Waals surface area (Å²) in [7, 11) is 0. The molecule has 4 heteroatoms. The van der Waals surface area contributed by atoms with E-state index >= 15 is 0 Å². The molecule has 0 radical (unpaired) electrons. The molecule has 3 atom stereocenters. The highest BCUT2D eigenvalue weighted by Gasteiger charge is 2.67. The summed E-state index contributed by atoms with van der Waals surface area (Å²) in [6.07, 6.45) is 4.45. The van der Waals surface area contributed by atoms with Gasteiger partial charge in [-0.1, -0.05) is 124 Å². The van der Waals surface area contributed by atoms with Crippen LogP contribution >= 0.6 is 0 Å². The van der Waals surface area contributed by atoms with Gasteiger partial charge in [0.2, 0.25) is 0 Å². The van der Waals surface area contributed by atoms with Crippen LogP contribution in [0.25, 0.3) is 6.08 Å². The quantitative estimate of drug-likeness (QED) is 0.395. The van der Waals surface area contributed by atoms with Crippen LogP contribution in [-0.2, 0) is 16.1 Å². The molecule has 0 aromatic heterocycles. The summed E-state index contributed by atoms with van der Waals surface area (Å²) >= 11 is 0. The fourth-order valence-corrected chi connectivity index (χ4v) is 5.76. The van der Waals surface area contributed by atoms with Gasteiger partial charge in [0.1, 0.15) is 0 Å². The number of carbonyl (C=O) groups is 2. The Labute approximate surface area is 213 Å². The summed E-state index contributed by atoms with van der Waals surface area (Å²) in [5, 5.41) is 6.43. The largest absolute Gasteiger partial charge is 0.298 e. The molecule has 5 rings (SSSR count). The lowest BCUT2D eigenvalue weighted by Crippen LogP contribution is -2.51. The van der Waals surface area contributed by atoms with Gasteiger partial charge in [-0.05, 0) is 22.6 Å². The van der Waals surface area contributed by atoms with Crippen molar-refractivity contribution in [2.45, 2.75) is 39.7 Å². The van der Waals surface area contributed by atoms with Crippen LogP contribution in [0.3, 0.4) is 0 Å². The smallest absolute Gasteiger partial charge is 0.263 e. The number of ketones is 1. The van der Waals surface area contributed by atoms with E-state index in [0.717, 1.165) is 16.7 Å². The molecule has 1 heterocycles. The van der Waals surface area contributed by atoms with E-state index in [1.807, 2.05) is 106 Å². The number of amides is 1. The van der Waals surface area contributed by atoms with Gasteiger partial charge in [-0.25, -0.2) is 5.01 Å². The highest BCUT2D eigenvalue weighted by atomic mass is 16.2. The summed E-state index contributed by atoms with van der Waals surface area (Å²) < 4.78 is 0. The number of hydrogen-bond acceptors (Lipinski definition) is 3. The molecular weight excluding hydrogens is 444 g/mol. The van der Waals surface area contributed by atoms with Crippen LogP contribution < -0.4 is 0 Å². The van der Waals surface area contributed by atoms with Crippen molar-refractivity contribution < 1.29 is 9.59 Å². The van der Waals surface area contributed by atoms with Gasteiger partial charge < -0.3 is 0 Å². The second-order valence-electron chi connectivity index (χ2n) is 10.8. The van der Waals surface area contributed by atoms with Crippen LogP contribution in [0.2, 0.25) is 0 Å². The van der Waals surface area contributed by atoms with Gasteiger partial charge >= 0.3 is 0 Å². The molecule has 4 nitrogen and oxygen atoms in total. The number of nitrogens with zero attached hydrogens (tertiary/aromatic N) is 2. The maximum Gasteiger partial charge on any atom is 0.263 e. The van der Waals surface area contributed by atoms with Gasteiger partial charge in [0.25, 0.3) is 5.91 Å². The van der Waals surface area contributed by atoms with E-state index < -0.39 is 10.8 Å². The molecule has 1 aliphatic heterocycles. The molecule has 3 aromatic carbocycles. The van der Waals surface area contributed by atoms with Gasteiger partial charge in [-0.15, -0.1) is 0 Å². The minimum atomic E-state index is -1.31. The van der Waals surface area contributed by atoms with Crippen LogP contribution in [0.15, 0.2) is 102 Å². The van der Waals surface area contributed by atoms with E-state index in [9.17, 15) is 9.59 Å². The third-order valence-corrected chi connectivity index (χ3v) is 7.35. The minimum absolute atomic E-state index is 0.0340. The van der Waals surface area contributed by atoms with Crippen molar-refractivity contribution in [3.8, 4) is 0 Å². The number of allylic oxidation sites excluding steroid dienone is 1.